The summed E-state index contributed by atoms with van der Waals surface area (Å²) in [6, 6.07) is 5.11. The Hall–Kier alpha value is -2.10. The molecule has 0 amide bonds. The van der Waals surface area contributed by atoms with Crippen LogP contribution in [0.5, 0.6) is 5.75 Å². The first-order valence-corrected chi connectivity index (χ1v) is 6.77. The zero-order valence-electron chi connectivity index (χ0n) is 12.0. The fourth-order valence-electron chi connectivity index (χ4n) is 2.25. The van der Waals surface area contributed by atoms with Gasteiger partial charge in [0.15, 0.2) is 0 Å². The van der Waals surface area contributed by atoms with Crippen molar-refractivity contribution in [1.82, 2.24) is 0 Å². The molecule has 0 saturated heterocycles. The molecular formula is C16H18O4. The number of aryl methyl sites for hydroxylation is 1. The number of hydrogen-bond donors (Lipinski definition) is 0. The highest BCUT2D eigenvalue weighted by Crippen LogP contribution is 2.24. The molecule has 0 N–H and O–H groups in total. The van der Waals surface area contributed by atoms with Gasteiger partial charge >= 0.3 is 11.6 Å². The summed E-state index contributed by atoms with van der Waals surface area (Å²) in [4.78, 5) is 23.0. The highest BCUT2D eigenvalue weighted by Gasteiger charge is 2.12. The van der Waals surface area contributed by atoms with E-state index in [4.69, 9.17) is 9.15 Å². The summed E-state index contributed by atoms with van der Waals surface area (Å²) in [7, 11) is 0. The summed E-state index contributed by atoms with van der Waals surface area (Å²) >= 11 is 0. The molecule has 2 rings (SSSR count). The quantitative estimate of drug-likeness (QED) is 0.487. The zero-order chi connectivity index (χ0) is 14.7. The number of hydrogen-bond acceptors (Lipinski definition) is 4. The lowest BCUT2D eigenvalue weighted by Crippen LogP contribution is -2.10. The summed E-state index contributed by atoms with van der Waals surface area (Å²) in [5.41, 5.74) is 1.83. The van der Waals surface area contributed by atoms with Gasteiger partial charge in [0.25, 0.3) is 0 Å². The number of fused-ring (bicyclic) bond motifs is 1. The van der Waals surface area contributed by atoms with E-state index in [0.29, 0.717) is 11.3 Å². The van der Waals surface area contributed by atoms with Gasteiger partial charge in [0.1, 0.15) is 11.3 Å². The van der Waals surface area contributed by atoms with E-state index >= 15 is 0 Å². The van der Waals surface area contributed by atoms with E-state index in [1.807, 2.05) is 13.0 Å². The minimum atomic E-state index is -0.400. The maximum atomic E-state index is 12.0. The maximum Gasteiger partial charge on any atom is 0.339 e. The highest BCUT2D eigenvalue weighted by atomic mass is 16.5. The summed E-state index contributed by atoms with van der Waals surface area (Å²) < 4.78 is 10.3. The van der Waals surface area contributed by atoms with Crippen LogP contribution in [0.25, 0.3) is 11.0 Å². The Labute approximate surface area is 117 Å². The van der Waals surface area contributed by atoms with Crippen molar-refractivity contribution in [1.29, 1.82) is 0 Å². The molecule has 0 fully saturated rings. The number of unbranched alkanes of at least 4 members (excludes halogenated alkanes) is 1. The third-order valence-electron chi connectivity index (χ3n) is 3.30. The number of carbonyl (C=O) groups excluding carboxylic acids is 1. The number of ether oxygens (including phenoxy) is 1. The third kappa shape index (κ3) is 2.90. The zero-order valence-corrected chi connectivity index (χ0v) is 12.0. The molecule has 0 saturated carbocycles. The SMILES string of the molecule is CCCCc1c(C)c2ccc(OC(C)=O)cc2oc1=O. The molecule has 0 atom stereocenters. The lowest BCUT2D eigenvalue weighted by atomic mass is 10.0. The molecule has 0 aliphatic heterocycles. The molecule has 1 aromatic heterocycles. The Morgan fingerprint density at radius 1 is 1.35 bits per heavy atom. The van der Waals surface area contributed by atoms with E-state index in [2.05, 4.69) is 6.92 Å². The lowest BCUT2D eigenvalue weighted by Gasteiger charge is -2.08. The van der Waals surface area contributed by atoms with Crippen LogP contribution in [0.4, 0.5) is 0 Å². The van der Waals surface area contributed by atoms with Crippen LogP contribution in [-0.2, 0) is 11.2 Å². The fourth-order valence-corrected chi connectivity index (χ4v) is 2.25. The molecule has 0 spiro atoms. The van der Waals surface area contributed by atoms with Crippen LogP contribution < -0.4 is 10.4 Å². The average Bonchev–Trinajstić information content (AvgIpc) is 2.37. The van der Waals surface area contributed by atoms with Gasteiger partial charge in [-0.15, -0.1) is 0 Å². The van der Waals surface area contributed by atoms with Crippen molar-refractivity contribution in [3.63, 3.8) is 0 Å². The summed E-state index contributed by atoms with van der Waals surface area (Å²) in [6.45, 7) is 5.35. The van der Waals surface area contributed by atoms with Crippen molar-refractivity contribution >= 4 is 16.9 Å². The van der Waals surface area contributed by atoms with Gasteiger partial charge in [-0.25, -0.2) is 4.79 Å². The van der Waals surface area contributed by atoms with E-state index in [9.17, 15) is 9.59 Å². The van der Waals surface area contributed by atoms with Crippen molar-refractivity contribution in [3.8, 4) is 5.75 Å². The molecule has 1 heterocycles. The second kappa shape index (κ2) is 5.90. The molecule has 106 valence electrons. The van der Waals surface area contributed by atoms with Crippen LogP contribution in [0.1, 0.15) is 37.8 Å². The summed E-state index contributed by atoms with van der Waals surface area (Å²) in [5.74, 6) is -0.0168. The summed E-state index contributed by atoms with van der Waals surface area (Å²) in [6.07, 6.45) is 2.72. The largest absolute Gasteiger partial charge is 0.427 e. The molecule has 0 aliphatic carbocycles. The number of rotatable bonds is 4. The average molecular weight is 274 g/mol. The normalized spacial score (nSPS) is 10.8. The van der Waals surface area contributed by atoms with Gasteiger partial charge in [0.05, 0.1) is 0 Å². The van der Waals surface area contributed by atoms with E-state index < -0.39 is 5.97 Å². The molecule has 2 aromatic rings. The van der Waals surface area contributed by atoms with E-state index in [0.717, 1.165) is 35.8 Å². The second-order valence-corrected chi connectivity index (χ2v) is 4.85. The van der Waals surface area contributed by atoms with Crippen LogP contribution in [0, 0.1) is 6.92 Å². The van der Waals surface area contributed by atoms with Gasteiger partial charge < -0.3 is 9.15 Å². The van der Waals surface area contributed by atoms with E-state index in [1.54, 1.807) is 12.1 Å². The molecule has 4 heteroatoms. The van der Waals surface area contributed by atoms with E-state index in [-0.39, 0.29) is 5.63 Å². The molecule has 0 bridgehead atoms. The minimum Gasteiger partial charge on any atom is -0.427 e. The first-order chi connectivity index (χ1) is 9.52. The van der Waals surface area contributed by atoms with Crippen LogP contribution in [0.15, 0.2) is 27.4 Å². The van der Waals surface area contributed by atoms with Gasteiger partial charge in [-0.2, -0.15) is 0 Å². The highest BCUT2D eigenvalue weighted by molar-refractivity contribution is 5.83. The topological polar surface area (TPSA) is 56.5 Å². The Morgan fingerprint density at radius 3 is 2.75 bits per heavy atom. The Bertz CT molecular complexity index is 697. The molecule has 1 aromatic carbocycles. The predicted octanol–water partition coefficient (Wildman–Crippen LogP) is 3.37. The second-order valence-electron chi connectivity index (χ2n) is 4.85. The first kappa shape index (κ1) is 14.3. The first-order valence-electron chi connectivity index (χ1n) is 6.77. The Balaban J connectivity index is 2.52. The van der Waals surface area contributed by atoms with E-state index in [1.165, 1.54) is 6.92 Å². The smallest absolute Gasteiger partial charge is 0.339 e. The molecule has 20 heavy (non-hydrogen) atoms. The van der Waals surface area contributed by atoms with Crippen molar-refractivity contribution in [3.05, 3.63) is 39.7 Å². The van der Waals surface area contributed by atoms with Crippen LogP contribution in [-0.4, -0.2) is 5.97 Å². The van der Waals surface area contributed by atoms with Gasteiger partial charge in [0.2, 0.25) is 0 Å². The van der Waals surface area contributed by atoms with Crippen molar-refractivity contribution in [2.45, 2.75) is 40.0 Å². The number of carbonyl (C=O) groups is 1. The van der Waals surface area contributed by atoms with Gasteiger partial charge in [-0.1, -0.05) is 13.3 Å². The van der Waals surface area contributed by atoms with Gasteiger partial charge in [-0.3, -0.25) is 4.79 Å². The number of benzene rings is 1. The maximum absolute atomic E-state index is 12.0. The van der Waals surface area contributed by atoms with Crippen LogP contribution >= 0.6 is 0 Å². The lowest BCUT2D eigenvalue weighted by molar-refractivity contribution is -0.131. The third-order valence-corrected chi connectivity index (χ3v) is 3.30. The van der Waals surface area contributed by atoms with Gasteiger partial charge in [0, 0.05) is 23.9 Å². The molecular weight excluding hydrogens is 256 g/mol. The van der Waals surface area contributed by atoms with Crippen molar-refractivity contribution in [2.75, 3.05) is 0 Å². The Morgan fingerprint density at radius 2 is 2.10 bits per heavy atom. The van der Waals surface area contributed by atoms with Gasteiger partial charge in [-0.05, 0) is 37.5 Å². The predicted molar refractivity (Wildman–Crippen MR) is 77.1 cm³/mol. The fraction of sp³-hybridized carbons (Fsp3) is 0.375. The van der Waals surface area contributed by atoms with Crippen LogP contribution in [0.2, 0.25) is 0 Å². The Kier molecular flexibility index (Phi) is 4.23. The molecule has 0 unspecified atom stereocenters. The van der Waals surface area contributed by atoms with Crippen LogP contribution in [0.3, 0.4) is 0 Å². The van der Waals surface area contributed by atoms with Crippen molar-refractivity contribution in [2.24, 2.45) is 0 Å². The molecule has 0 aliphatic rings. The monoisotopic (exact) mass is 274 g/mol. The number of esters is 1. The summed E-state index contributed by atoms with van der Waals surface area (Å²) in [5, 5.41) is 0.881. The molecule has 0 radical (unpaired) electrons. The molecule has 4 nitrogen and oxygen atoms in total. The standard InChI is InChI=1S/C16H18O4/c1-4-5-6-14-10(2)13-8-7-12(19-11(3)17)9-15(13)20-16(14)18/h7-9H,4-6H2,1-3H3. The van der Waals surface area contributed by atoms with Crippen molar-refractivity contribution < 1.29 is 13.9 Å². The minimum absolute atomic E-state index is 0.302.